The van der Waals surface area contributed by atoms with Gasteiger partial charge in [0.05, 0.1) is 6.61 Å². The number of nitrogens with one attached hydrogen (secondary N) is 1. The zero-order valence-corrected chi connectivity index (χ0v) is 8.40. The molecule has 74 valence electrons. The molecule has 1 saturated heterocycles. The highest BCUT2D eigenvalue weighted by atomic mass is 16.3. The van der Waals surface area contributed by atoms with Crippen molar-refractivity contribution in [2.75, 3.05) is 19.7 Å². The summed E-state index contributed by atoms with van der Waals surface area (Å²) >= 11 is 0. The standard InChI is InChI=1S/C11H19NO/c1-9(2)7-11(8-13)10-3-5-12-6-4-10/h12-13H,1,3-8H2,2H3. The van der Waals surface area contributed by atoms with Gasteiger partial charge in [-0.15, -0.1) is 0 Å². The third-order valence-corrected chi connectivity index (χ3v) is 2.41. The Morgan fingerprint density at radius 2 is 2.08 bits per heavy atom. The van der Waals surface area contributed by atoms with Crippen LogP contribution in [0.1, 0.15) is 26.2 Å². The lowest BCUT2D eigenvalue weighted by Crippen LogP contribution is -2.24. The third-order valence-electron chi connectivity index (χ3n) is 2.41. The molecular weight excluding hydrogens is 162 g/mol. The zero-order valence-electron chi connectivity index (χ0n) is 8.40. The predicted octanol–water partition coefficient (Wildman–Crippen LogP) is 1.62. The smallest absolute Gasteiger partial charge is 0.0647 e. The van der Waals surface area contributed by atoms with Gasteiger partial charge in [-0.3, -0.25) is 0 Å². The van der Waals surface area contributed by atoms with Gasteiger partial charge < -0.3 is 10.4 Å². The molecule has 0 unspecified atom stereocenters. The predicted molar refractivity (Wildman–Crippen MR) is 55.6 cm³/mol. The van der Waals surface area contributed by atoms with Crippen molar-refractivity contribution in [1.82, 2.24) is 5.32 Å². The summed E-state index contributed by atoms with van der Waals surface area (Å²) in [6.45, 7) is 8.19. The van der Waals surface area contributed by atoms with Crippen molar-refractivity contribution in [1.29, 1.82) is 0 Å². The molecule has 1 fully saturated rings. The Bertz CT molecular complexity index is 210. The van der Waals surface area contributed by atoms with Gasteiger partial charge in [0.2, 0.25) is 0 Å². The van der Waals surface area contributed by atoms with E-state index >= 15 is 0 Å². The lowest BCUT2D eigenvalue weighted by atomic mass is 9.95. The van der Waals surface area contributed by atoms with Crippen LogP contribution in [0, 0.1) is 0 Å². The summed E-state index contributed by atoms with van der Waals surface area (Å²) in [4.78, 5) is 0. The maximum absolute atomic E-state index is 9.21. The molecule has 1 aliphatic rings. The first-order chi connectivity index (χ1) is 6.24. The van der Waals surface area contributed by atoms with E-state index in [0.717, 1.165) is 37.9 Å². The van der Waals surface area contributed by atoms with Crippen LogP contribution in [0.2, 0.25) is 0 Å². The van der Waals surface area contributed by atoms with Crippen LogP contribution in [0.4, 0.5) is 0 Å². The number of aliphatic hydroxyl groups excluding tert-OH is 1. The van der Waals surface area contributed by atoms with Gasteiger partial charge in [0.1, 0.15) is 0 Å². The first-order valence-corrected chi connectivity index (χ1v) is 4.89. The molecule has 1 heterocycles. The van der Waals surface area contributed by atoms with E-state index in [4.69, 9.17) is 0 Å². The Labute approximate surface area is 80.3 Å². The molecule has 0 amide bonds. The SMILES string of the molecule is C=C(C)CC(CO)=C1CCNCC1. The minimum atomic E-state index is 0.197. The van der Waals surface area contributed by atoms with Gasteiger partial charge in [-0.2, -0.15) is 0 Å². The number of aliphatic hydroxyl groups is 1. The van der Waals surface area contributed by atoms with E-state index in [1.165, 1.54) is 11.1 Å². The summed E-state index contributed by atoms with van der Waals surface area (Å²) < 4.78 is 0. The Kier molecular flexibility index (Phi) is 4.19. The second-order valence-electron chi connectivity index (χ2n) is 3.75. The monoisotopic (exact) mass is 181 g/mol. The summed E-state index contributed by atoms with van der Waals surface area (Å²) in [5.74, 6) is 0. The maximum atomic E-state index is 9.21. The Morgan fingerprint density at radius 3 is 2.54 bits per heavy atom. The molecule has 2 heteroatoms. The molecule has 0 aromatic carbocycles. The number of rotatable bonds is 3. The van der Waals surface area contributed by atoms with Gasteiger partial charge in [-0.1, -0.05) is 17.7 Å². The molecule has 0 radical (unpaired) electrons. The third kappa shape index (κ3) is 3.33. The fourth-order valence-corrected chi connectivity index (χ4v) is 1.74. The average molecular weight is 181 g/mol. The first kappa shape index (κ1) is 10.5. The van der Waals surface area contributed by atoms with E-state index in [9.17, 15) is 5.11 Å². The lowest BCUT2D eigenvalue weighted by Gasteiger charge is -2.19. The van der Waals surface area contributed by atoms with Crippen molar-refractivity contribution in [3.8, 4) is 0 Å². The summed E-state index contributed by atoms with van der Waals surface area (Å²) in [5.41, 5.74) is 3.76. The van der Waals surface area contributed by atoms with Gasteiger partial charge in [0.15, 0.2) is 0 Å². The minimum Gasteiger partial charge on any atom is -0.392 e. The molecule has 0 saturated carbocycles. The Morgan fingerprint density at radius 1 is 1.46 bits per heavy atom. The molecule has 2 nitrogen and oxygen atoms in total. The van der Waals surface area contributed by atoms with Crippen LogP contribution in [-0.2, 0) is 0 Å². The maximum Gasteiger partial charge on any atom is 0.0647 e. The van der Waals surface area contributed by atoms with Crippen LogP contribution < -0.4 is 5.32 Å². The van der Waals surface area contributed by atoms with Crippen molar-refractivity contribution in [2.45, 2.75) is 26.2 Å². The van der Waals surface area contributed by atoms with Crippen molar-refractivity contribution < 1.29 is 5.11 Å². The van der Waals surface area contributed by atoms with E-state index in [0.29, 0.717) is 0 Å². The van der Waals surface area contributed by atoms with Crippen LogP contribution in [0.25, 0.3) is 0 Å². The number of allylic oxidation sites excluding steroid dienone is 1. The zero-order chi connectivity index (χ0) is 9.68. The molecule has 1 rings (SSSR count). The molecule has 13 heavy (non-hydrogen) atoms. The Balaban J connectivity index is 2.64. The van der Waals surface area contributed by atoms with Crippen molar-refractivity contribution in [3.63, 3.8) is 0 Å². The summed E-state index contributed by atoms with van der Waals surface area (Å²) in [6, 6.07) is 0. The molecular formula is C11H19NO. The highest BCUT2D eigenvalue weighted by Crippen LogP contribution is 2.20. The Hall–Kier alpha value is -0.600. The van der Waals surface area contributed by atoms with Crippen LogP contribution >= 0.6 is 0 Å². The first-order valence-electron chi connectivity index (χ1n) is 4.89. The van der Waals surface area contributed by atoms with Crippen molar-refractivity contribution in [3.05, 3.63) is 23.3 Å². The fraction of sp³-hybridized carbons (Fsp3) is 0.636. The number of hydrogen-bond donors (Lipinski definition) is 2. The van der Waals surface area contributed by atoms with E-state index < -0.39 is 0 Å². The molecule has 1 aliphatic heterocycles. The van der Waals surface area contributed by atoms with E-state index in [1.54, 1.807) is 0 Å². The summed E-state index contributed by atoms with van der Waals surface area (Å²) in [6.07, 6.45) is 3.04. The molecule has 0 atom stereocenters. The van der Waals surface area contributed by atoms with Gasteiger partial charge >= 0.3 is 0 Å². The van der Waals surface area contributed by atoms with E-state index in [1.807, 2.05) is 6.92 Å². The molecule has 0 aliphatic carbocycles. The largest absolute Gasteiger partial charge is 0.392 e. The van der Waals surface area contributed by atoms with Crippen LogP contribution in [0.5, 0.6) is 0 Å². The topological polar surface area (TPSA) is 32.3 Å². The number of piperidine rings is 1. The summed E-state index contributed by atoms with van der Waals surface area (Å²) in [5, 5.41) is 12.5. The van der Waals surface area contributed by atoms with Crippen LogP contribution in [0.15, 0.2) is 23.3 Å². The van der Waals surface area contributed by atoms with E-state index in [2.05, 4.69) is 11.9 Å². The van der Waals surface area contributed by atoms with Gasteiger partial charge in [0, 0.05) is 0 Å². The number of hydrogen-bond acceptors (Lipinski definition) is 2. The normalized spacial score (nSPS) is 17.2. The highest BCUT2D eigenvalue weighted by Gasteiger charge is 2.09. The van der Waals surface area contributed by atoms with Crippen molar-refractivity contribution >= 4 is 0 Å². The molecule has 0 aromatic heterocycles. The lowest BCUT2D eigenvalue weighted by molar-refractivity contribution is 0.325. The van der Waals surface area contributed by atoms with Crippen LogP contribution in [0.3, 0.4) is 0 Å². The molecule has 2 N–H and O–H groups in total. The minimum absolute atomic E-state index is 0.197. The molecule has 0 spiro atoms. The second-order valence-corrected chi connectivity index (χ2v) is 3.75. The van der Waals surface area contributed by atoms with E-state index in [-0.39, 0.29) is 6.61 Å². The van der Waals surface area contributed by atoms with Crippen molar-refractivity contribution in [2.24, 2.45) is 0 Å². The quantitative estimate of drug-likeness (QED) is 0.648. The second kappa shape index (κ2) is 5.20. The van der Waals surface area contributed by atoms with Crippen LogP contribution in [-0.4, -0.2) is 24.8 Å². The van der Waals surface area contributed by atoms with Gasteiger partial charge in [-0.05, 0) is 44.8 Å². The molecule has 0 bridgehead atoms. The van der Waals surface area contributed by atoms with Gasteiger partial charge in [0.25, 0.3) is 0 Å². The highest BCUT2D eigenvalue weighted by molar-refractivity contribution is 5.21. The molecule has 0 aromatic rings. The summed E-state index contributed by atoms with van der Waals surface area (Å²) in [7, 11) is 0. The fourth-order valence-electron chi connectivity index (χ4n) is 1.74. The van der Waals surface area contributed by atoms with Gasteiger partial charge in [-0.25, -0.2) is 0 Å². The average Bonchev–Trinajstić information content (AvgIpc) is 2.15.